The van der Waals surface area contributed by atoms with E-state index in [1.807, 2.05) is 0 Å². The SMILES string of the molecule is COc1ccc(-c2noc(CCC(=O)NNC(=O)c3cccc([N+](=O)[O-])c3)n2)cc1. The van der Waals surface area contributed by atoms with Gasteiger partial charge in [-0.2, -0.15) is 4.98 Å². The van der Waals surface area contributed by atoms with E-state index >= 15 is 0 Å². The number of non-ortho nitro benzene ring substituents is 1. The van der Waals surface area contributed by atoms with E-state index < -0.39 is 16.7 Å². The first-order chi connectivity index (χ1) is 14.5. The average molecular weight is 411 g/mol. The molecule has 3 rings (SSSR count). The third-order valence-corrected chi connectivity index (χ3v) is 4.02. The number of nitro groups is 1. The van der Waals surface area contributed by atoms with Crippen molar-refractivity contribution in [3.63, 3.8) is 0 Å². The van der Waals surface area contributed by atoms with Crippen molar-refractivity contribution in [1.82, 2.24) is 21.0 Å². The fourth-order valence-electron chi connectivity index (χ4n) is 2.46. The molecule has 0 fully saturated rings. The van der Waals surface area contributed by atoms with Crippen LogP contribution in [0.3, 0.4) is 0 Å². The van der Waals surface area contributed by atoms with Crippen LogP contribution in [0.1, 0.15) is 22.7 Å². The quantitative estimate of drug-likeness (QED) is 0.443. The number of amides is 2. The molecule has 0 atom stereocenters. The number of benzene rings is 2. The van der Waals surface area contributed by atoms with Gasteiger partial charge in [-0.25, -0.2) is 0 Å². The van der Waals surface area contributed by atoms with Gasteiger partial charge in [0.1, 0.15) is 5.75 Å². The van der Waals surface area contributed by atoms with Crippen LogP contribution >= 0.6 is 0 Å². The summed E-state index contributed by atoms with van der Waals surface area (Å²) in [6.07, 6.45) is 0.154. The van der Waals surface area contributed by atoms with Crippen molar-refractivity contribution in [3.05, 3.63) is 70.1 Å². The summed E-state index contributed by atoms with van der Waals surface area (Å²) < 4.78 is 10.2. The molecule has 3 aromatic rings. The molecule has 2 amide bonds. The van der Waals surface area contributed by atoms with Crippen LogP contribution in [-0.2, 0) is 11.2 Å². The molecule has 1 heterocycles. The molecule has 0 aliphatic rings. The number of hydrogen-bond donors (Lipinski definition) is 2. The number of nitro benzene ring substituents is 1. The summed E-state index contributed by atoms with van der Waals surface area (Å²) in [6.45, 7) is 0. The first-order valence-corrected chi connectivity index (χ1v) is 8.77. The molecule has 0 unspecified atom stereocenters. The van der Waals surface area contributed by atoms with Crippen LogP contribution in [-0.4, -0.2) is 34.0 Å². The second kappa shape index (κ2) is 9.28. The van der Waals surface area contributed by atoms with Crippen LogP contribution in [0, 0.1) is 10.1 Å². The van der Waals surface area contributed by atoms with Gasteiger partial charge >= 0.3 is 0 Å². The number of carbonyl (C=O) groups is 2. The molecular formula is C19H17N5O6. The van der Waals surface area contributed by atoms with Gasteiger partial charge < -0.3 is 9.26 Å². The largest absolute Gasteiger partial charge is 0.497 e. The Kier molecular flexibility index (Phi) is 6.33. The normalized spacial score (nSPS) is 10.3. The maximum absolute atomic E-state index is 12.0. The summed E-state index contributed by atoms with van der Waals surface area (Å²) in [6, 6.07) is 12.2. The number of rotatable bonds is 7. The number of aromatic nitrogens is 2. The van der Waals surface area contributed by atoms with E-state index in [0.29, 0.717) is 11.6 Å². The lowest BCUT2D eigenvalue weighted by Crippen LogP contribution is -2.41. The Balaban J connectivity index is 1.49. The first-order valence-electron chi connectivity index (χ1n) is 8.77. The smallest absolute Gasteiger partial charge is 0.270 e. The van der Waals surface area contributed by atoms with E-state index in [1.165, 1.54) is 18.2 Å². The Hall–Kier alpha value is -4.28. The number of aryl methyl sites for hydroxylation is 1. The molecule has 30 heavy (non-hydrogen) atoms. The van der Waals surface area contributed by atoms with Gasteiger partial charge in [0.15, 0.2) is 0 Å². The lowest BCUT2D eigenvalue weighted by molar-refractivity contribution is -0.384. The minimum absolute atomic E-state index is 0.0144. The summed E-state index contributed by atoms with van der Waals surface area (Å²) in [5.41, 5.74) is 5.00. The number of nitrogens with zero attached hydrogens (tertiary/aromatic N) is 3. The maximum atomic E-state index is 12.0. The van der Waals surface area contributed by atoms with Crippen molar-refractivity contribution >= 4 is 17.5 Å². The summed E-state index contributed by atoms with van der Waals surface area (Å²) in [7, 11) is 1.57. The van der Waals surface area contributed by atoms with Crippen molar-refractivity contribution in [3.8, 4) is 17.1 Å². The Bertz CT molecular complexity index is 1060. The number of ether oxygens (including phenoxy) is 1. The fourth-order valence-corrected chi connectivity index (χ4v) is 2.46. The Morgan fingerprint density at radius 2 is 1.93 bits per heavy atom. The Morgan fingerprint density at radius 1 is 1.17 bits per heavy atom. The van der Waals surface area contributed by atoms with Gasteiger partial charge in [-0.3, -0.25) is 30.6 Å². The minimum Gasteiger partial charge on any atom is -0.497 e. The third kappa shape index (κ3) is 5.16. The zero-order valence-electron chi connectivity index (χ0n) is 15.8. The molecular weight excluding hydrogens is 394 g/mol. The molecule has 0 aliphatic heterocycles. The highest BCUT2D eigenvalue weighted by molar-refractivity contribution is 5.95. The van der Waals surface area contributed by atoms with Gasteiger partial charge in [-0.15, -0.1) is 0 Å². The van der Waals surface area contributed by atoms with Crippen LogP contribution in [0.5, 0.6) is 5.75 Å². The van der Waals surface area contributed by atoms with Crippen molar-refractivity contribution < 1.29 is 23.8 Å². The monoisotopic (exact) mass is 411 g/mol. The second-order valence-electron chi connectivity index (χ2n) is 6.05. The zero-order chi connectivity index (χ0) is 21.5. The molecule has 0 spiro atoms. The number of carbonyl (C=O) groups excluding carboxylic acids is 2. The van der Waals surface area contributed by atoms with Crippen molar-refractivity contribution in [1.29, 1.82) is 0 Å². The Morgan fingerprint density at radius 3 is 2.63 bits per heavy atom. The van der Waals surface area contributed by atoms with Gasteiger partial charge in [-0.05, 0) is 30.3 Å². The molecule has 0 saturated heterocycles. The molecule has 2 N–H and O–H groups in total. The van der Waals surface area contributed by atoms with E-state index in [9.17, 15) is 19.7 Å². The van der Waals surface area contributed by atoms with Gasteiger partial charge in [0, 0.05) is 36.1 Å². The summed E-state index contributed by atoms with van der Waals surface area (Å²) in [5.74, 6) is 0.184. The molecule has 0 bridgehead atoms. The number of hydrazine groups is 1. The zero-order valence-corrected chi connectivity index (χ0v) is 15.8. The Labute approximate surface area is 170 Å². The summed E-state index contributed by atoms with van der Waals surface area (Å²) in [5, 5.41) is 14.6. The van der Waals surface area contributed by atoms with E-state index in [2.05, 4.69) is 21.0 Å². The summed E-state index contributed by atoms with van der Waals surface area (Å²) >= 11 is 0. The van der Waals surface area contributed by atoms with E-state index in [0.717, 1.165) is 11.6 Å². The third-order valence-electron chi connectivity index (χ3n) is 4.02. The average Bonchev–Trinajstić information content (AvgIpc) is 3.25. The molecule has 0 radical (unpaired) electrons. The first kappa shape index (κ1) is 20.5. The molecule has 0 saturated carbocycles. The van der Waals surface area contributed by atoms with Crippen molar-refractivity contribution in [2.24, 2.45) is 0 Å². The van der Waals surface area contributed by atoms with Gasteiger partial charge in [0.05, 0.1) is 12.0 Å². The topological polar surface area (TPSA) is 149 Å². The van der Waals surface area contributed by atoms with Gasteiger partial charge in [-0.1, -0.05) is 11.2 Å². The molecule has 11 heteroatoms. The van der Waals surface area contributed by atoms with E-state index in [1.54, 1.807) is 31.4 Å². The standard InChI is InChI=1S/C19H17N5O6/c1-29-15-7-5-12(6-8-15)18-20-17(30-23-18)10-9-16(25)21-22-19(26)13-3-2-4-14(11-13)24(27)28/h2-8,11H,9-10H2,1H3,(H,21,25)(H,22,26). The maximum Gasteiger partial charge on any atom is 0.270 e. The van der Waals surface area contributed by atoms with Crippen LogP contribution < -0.4 is 15.6 Å². The molecule has 0 aliphatic carbocycles. The lowest BCUT2D eigenvalue weighted by atomic mass is 10.2. The number of nitrogens with one attached hydrogen (secondary N) is 2. The van der Waals surface area contributed by atoms with Crippen LogP contribution in [0.25, 0.3) is 11.4 Å². The van der Waals surface area contributed by atoms with Gasteiger partial charge in [0.25, 0.3) is 11.6 Å². The highest BCUT2D eigenvalue weighted by atomic mass is 16.6. The highest BCUT2D eigenvalue weighted by Crippen LogP contribution is 2.20. The van der Waals surface area contributed by atoms with Crippen LogP contribution in [0.2, 0.25) is 0 Å². The van der Waals surface area contributed by atoms with Gasteiger partial charge in [0.2, 0.25) is 17.6 Å². The lowest BCUT2D eigenvalue weighted by Gasteiger charge is -2.06. The van der Waals surface area contributed by atoms with E-state index in [4.69, 9.17) is 9.26 Å². The predicted molar refractivity (Wildman–Crippen MR) is 103 cm³/mol. The molecule has 2 aromatic carbocycles. The molecule has 154 valence electrons. The molecule has 1 aromatic heterocycles. The van der Waals surface area contributed by atoms with Crippen molar-refractivity contribution in [2.75, 3.05) is 7.11 Å². The predicted octanol–water partition coefficient (Wildman–Crippen LogP) is 2.05. The molecule has 11 nitrogen and oxygen atoms in total. The van der Waals surface area contributed by atoms with Crippen molar-refractivity contribution in [2.45, 2.75) is 12.8 Å². The minimum atomic E-state index is -0.674. The van der Waals surface area contributed by atoms with Crippen LogP contribution in [0.4, 0.5) is 5.69 Å². The van der Waals surface area contributed by atoms with Crippen LogP contribution in [0.15, 0.2) is 53.1 Å². The highest BCUT2D eigenvalue weighted by Gasteiger charge is 2.14. The summed E-state index contributed by atoms with van der Waals surface area (Å²) in [4.78, 5) is 38.3. The van der Waals surface area contributed by atoms with E-state index in [-0.39, 0.29) is 30.0 Å². The second-order valence-corrected chi connectivity index (χ2v) is 6.05. The fraction of sp³-hybridized carbons (Fsp3) is 0.158. The number of methoxy groups -OCH3 is 1. The number of hydrogen-bond acceptors (Lipinski definition) is 8.